The zero-order valence-corrected chi connectivity index (χ0v) is 18.5. The predicted octanol–water partition coefficient (Wildman–Crippen LogP) is -5.96. The van der Waals surface area contributed by atoms with Gasteiger partial charge >= 0.3 is 0 Å². The molecule has 158 valence electrons. The van der Waals surface area contributed by atoms with Crippen LogP contribution in [0.1, 0.15) is 41.6 Å². The molecule has 0 unspecified atom stereocenters. The number of ether oxygens (including phenoxy) is 1. The van der Waals surface area contributed by atoms with Gasteiger partial charge < -0.3 is 39.8 Å². The number of benzene rings is 1. The molecule has 29 heavy (non-hydrogen) atoms. The number of thioether (sulfide) groups is 1. The number of fused-ring (bicyclic) bond motifs is 2. The average Bonchev–Trinajstić information content (AvgIpc) is 2.73. The number of hydrogen-bond donors (Lipinski definition) is 2. The van der Waals surface area contributed by atoms with Crippen molar-refractivity contribution in [3.63, 3.8) is 0 Å². The van der Waals surface area contributed by atoms with E-state index < -0.39 is 11.6 Å². The number of allylic oxidation sites excluding steroid dienone is 1. The number of nitrogens with one attached hydrogen (secondary N) is 1. The first-order chi connectivity index (χ1) is 13.2. The Labute approximate surface area is 187 Å². The molecule has 3 aliphatic heterocycles. The summed E-state index contributed by atoms with van der Waals surface area (Å²) in [4.78, 5) is 27.2. The van der Waals surface area contributed by atoms with Gasteiger partial charge in [0, 0.05) is 42.6 Å². The van der Waals surface area contributed by atoms with Crippen LogP contribution in [0.25, 0.3) is 5.76 Å². The summed E-state index contributed by atoms with van der Waals surface area (Å²) in [6.45, 7) is 4.80. The lowest BCUT2D eigenvalue weighted by molar-refractivity contribution is -0.938. The molecule has 0 bridgehead atoms. The van der Waals surface area contributed by atoms with Crippen LogP contribution >= 0.6 is 11.8 Å². The average molecular weight is 457 g/mol. The van der Waals surface area contributed by atoms with E-state index in [0.29, 0.717) is 16.2 Å². The summed E-state index contributed by atoms with van der Waals surface area (Å²) >= 11 is 1.53. The molecule has 1 aromatic carbocycles. The molecule has 2 saturated heterocycles. The van der Waals surface area contributed by atoms with Crippen LogP contribution in [0.15, 0.2) is 29.2 Å². The number of hydrogen-bond acceptors (Lipinski definition) is 4. The molecule has 4 aliphatic rings. The van der Waals surface area contributed by atoms with Gasteiger partial charge in [-0.05, 0) is 0 Å². The number of quaternary nitrogens is 2. The fourth-order valence-corrected chi connectivity index (χ4v) is 6.29. The van der Waals surface area contributed by atoms with Crippen LogP contribution in [-0.4, -0.2) is 55.1 Å². The molecular formula is C21H26Cl2N2O3S. The smallest absolute Gasteiger partial charge is 0.243 e. The van der Waals surface area contributed by atoms with Gasteiger partial charge in [0.1, 0.15) is 16.3 Å². The van der Waals surface area contributed by atoms with Gasteiger partial charge in [-0.3, -0.25) is 9.59 Å². The van der Waals surface area contributed by atoms with E-state index in [1.807, 2.05) is 18.2 Å². The van der Waals surface area contributed by atoms with Crippen molar-refractivity contribution in [1.82, 2.24) is 0 Å². The van der Waals surface area contributed by atoms with Crippen LogP contribution in [0.3, 0.4) is 0 Å². The van der Waals surface area contributed by atoms with E-state index in [1.54, 1.807) is 11.0 Å². The van der Waals surface area contributed by atoms with Gasteiger partial charge in [0.05, 0.1) is 32.2 Å². The lowest BCUT2D eigenvalue weighted by Crippen LogP contribution is -3.18. The minimum absolute atomic E-state index is 0. The lowest BCUT2D eigenvalue weighted by Gasteiger charge is -2.45. The summed E-state index contributed by atoms with van der Waals surface area (Å²) in [6, 6.07) is 8.17. The van der Waals surface area contributed by atoms with Crippen molar-refractivity contribution in [3.8, 4) is 0 Å². The highest BCUT2D eigenvalue weighted by Gasteiger charge is 2.47. The van der Waals surface area contributed by atoms with Gasteiger partial charge in [-0.2, -0.15) is 0 Å². The van der Waals surface area contributed by atoms with Gasteiger partial charge in [-0.25, -0.2) is 0 Å². The Kier molecular flexibility index (Phi) is 7.01. The molecule has 2 fully saturated rings. The molecule has 1 aliphatic carbocycles. The fourth-order valence-electron chi connectivity index (χ4n) is 5.03. The van der Waals surface area contributed by atoms with Gasteiger partial charge in [-0.1, -0.05) is 24.3 Å². The first-order valence-electron chi connectivity index (χ1n) is 10.1. The van der Waals surface area contributed by atoms with Crippen molar-refractivity contribution >= 4 is 29.1 Å². The summed E-state index contributed by atoms with van der Waals surface area (Å²) in [5.74, 6) is 0.635. The molecule has 0 saturated carbocycles. The van der Waals surface area contributed by atoms with Crippen LogP contribution in [0.5, 0.6) is 0 Å². The van der Waals surface area contributed by atoms with Crippen molar-refractivity contribution in [3.05, 3.63) is 40.3 Å². The third-order valence-electron chi connectivity index (χ3n) is 6.65. The topological polar surface area (TPSA) is 64.4 Å². The molecule has 1 spiro atoms. The van der Waals surface area contributed by atoms with Crippen LogP contribution in [0.2, 0.25) is 0 Å². The van der Waals surface area contributed by atoms with E-state index in [2.05, 4.69) is 5.32 Å². The van der Waals surface area contributed by atoms with E-state index in [9.17, 15) is 9.59 Å². The third kappa shape index (κ3) is 3.98. The van der Waals surface area contributed by atoms with Gasteiger partial charge in [0.25, 0.3) is 0 Å². The predicted molar refractivity (Wildman–Crippen MR) is 104 cm³/mol. The van der Waals surface area contributed by atoms with E-state index in [-0.39, 0.29) is 30.4 Å². The Hall–Kier alpha value is -1.05. The minimum atomic E-state index is -0.398. The number of carbonyl (C=O) groups is 2. The number of carbonyl (C=O) groups excluding carboxylic acids is 2. The maximum Gasteiger partial charge on any atom is 0.243 e. The second kappa shape index (κ2) is 8.98. The first kappa shape index (κ1) is 22.6. The van der Waals surface area contributed by atoms with E-state index in [1.165, 1.54) is 37.7 Å². The fraction of sp³-hybridized carbons (Fsp3) is 0.524. The van der Waals surface area contributed by atoms with Crippen molar-refractivity contribution in [2.24, 2.45) is 0 Å². The normalized spacial score (nSPS) is 29.3. The number of ketones is 2. The van der Waals surface area contributed by atoms with Gasteiger partial charge in [-0.15, -0.1) is 11.8 Å². The molecule has 0 radical (unpaired) electrons. The van der Waals surface area contributed by atoms with E-state index in [0.717, 1.165) is 43.3 Å². The van der Waals surface area contributed by atoms with Crippen LogP contribution in [0.4, 0.5) is 0 Å². The number of Topliss-reactive ketones (excluding diaryl/α,β-unsaturated/α-hetero) is 2. The quantitative estimate of drug-likeness (QED) is 0.413. The van der Waals surface area contributed by atoms with Gasteiger partial charge in [0.15, 0.2) is 0 Å². The SMILES string of the molecule is O=C1C(=O)c2ccccc2C2=C1SCC1(CC[NH+](C3CC[NH2+]CC3)CC1)O2.[Cl-].[Cl-]. The number of rotatable bonds is 1. The Morgan fingerprint density at radius 2 is 1.66 bits per heavy atom. The van der Waals surface area contributed by atoms with Crippen LogP contribution < -0.4 is 35.0 Å². The molecule has 1 aromatic rings. The zero-order chi connectivity index (χ0) is 18.4. The van der Waals surface area contributed by atoms with Crippen LogP contribution in [-0.2, 0) is 9.53 Å². The minimum Gasteiger partial charge on any atom is -1.00 e. The Morgan fingerprint density at radius 3 is 2.34 bits per heavy atom. The van der Waals surface area contributed by atoms with Crippen molar-refractivity contribution < 1.29 is 49.4 Å². The highest BCUT2D eigenvalue weighted by atomic mass is 35.5. The molecule has 0 atom stereocenters. The van der Waals surface area contributed by atoms with Crippen LogP contribution in [0, 0.1) is 0 Å². The van der Waals surface area contributed by atoms with E-state index in [4.69, 9.17) is 4.74 Å². The molecular weight excluding hydrogens is 431 g/mol. The third-order valence-corrected chi connectivity index (χ3v) is 7.98. The standard InChI is InChI=1S/C21H24N2O3S.2ClH/c24-17-15-3-1-2-4-16(15)19-20(18(17)25)27-13-21(26-19)7-11-23(12-8-21)14-5-9-22-10-6-14;;/h1-4,14,22H,5-13H2;2*1H. The number of halogens is 2. The van der Waals surface area contributed by atoms with E-state index >= 15 is 0 Å². The second-order valence-electron chi connectivity index (χ2n) is 8.23. The summed E-state index contributed by atoms with van der Waals surface area (Å²) < 4.78 is 6.57. The maximum absolute atomic E-state index is 12.5. The van der Waals surface area contributed by atoms with Crippen molar-refractivity contribution in [2.45, 2.75) is 37.3 Å². The summed E-state index contributed by atoms with van der Waals surface area (Å²) in [5.41, 5.74) is 1.09. The molecule has 8 heteroatoms. The monoisotopic (exact) mass is 456 g/mol. The zero-order valence-electron chi connectivity index (χ0n) is 16.2. The van der Waals surface area contributed by atoms with Crippen molar-refractivity contribution in [2.75, 3.05) is 31.9 Å². The number of nitrogens with two attached hydrogens (primary N) is 1. The van der Waals surface area contributed by atoms with Gasteiger partial charge in [0.2, 0.25) is 11.6 Å². The number of piperidine rings is 2. The second-order valence-corrected chi connectivity index (χ2v) is 9.22. The molecule has 5 rings (SSSR count). The Balaban J connectivity index is 0.00000120. The first-order valence-corrected chi connectivity index (χ1v) is 11.1. The summed E-state index contributed by atoms with van der Waals surface area (Å²) in [5, 5.41) is 2.43. The summed E-state index contributed by atoms with van der Waals surface area (Å²) in [6.07, 6.45) is 4.68. The number of likely N-dealkylation sites (tertiary alicyclic amines) is 1. The Morgan fingerprint density at radius 1 is 1.00 bits per heavy atom. The molecule has 3 N–H and O–H groups in total. The Bertz CT molecular complexity index is 831. The maximum atomic E-state index is 12.5. The lowest BCUT2D eigenvalue weighted by atomic mass is 9.89. The molecule has 0 aromatic heterocycles. The highest BCUT2D eigenvalue weighted by molar-refractivity contribution is 8.04. The molecule has 5 nitrogen and oxygen atoms in total. The molecule has 3 heterocycles. The largest absolute Gasteiger partial charge is 1.00 e. The highest BCUT2D eigenvalue weighted by Crippen LogP contribution is 2.46. The van der Waals surface area contributed by atoms with Crippen molar-refractivity contribution in [1.29, 1.82) is 0 Å². The summed E-state index contributed by atoms with van der Waals surface area (Å²) in [7, 11) is 0. The molecule has 0 amide bonds.